The number of nitrogens with zero attached hydrogens (tertiary/aromatic N) is 2. The molecular formula is C17H27N3O2S. The minimum atomic E-state index is -0.0289. The zero-order valence-corrected chi connectivity index (χ0v) is 15.1. The summed E-state index contributed by atoms with van der Waals surface area (Å²) in [6.07, 6.45) is 2.22. The number of thiazole rings is 1. The number of aryl methyl sites for hydroxylation is 1. The van der Waals surface area contributed by atoms with E-state index in [-0.39, 0.29) is 11.9 Å². The summed E-state index contributed by atoms with van der Waals surface area (Å²) in [6.45, 7) is 10.2. The van der Waals surface area contributed by atoms with Crippen molar-refractivity contribution in [1.29, 1.82) is 0 Å². The van der Waals surface area contributed by atoms with Gasteiger partial charge >= 0.3 is 0 Å². The third-order valence-corrected chi connectivity index (χ3v) is 5.90. The number of nitrogens with one attached hydrogen (secondary N) is 1. The third-order valence-electron chi connectivity index (χ3n) is 5.13. The molecule has 5 nitrogen and oxygen atoms in total. The van der Waals surface area contributed by atoms with Crippen molar-refractivity contribution in [2.75, 3.05) is 26.3 Å². The number of aromatic nitrogens is 1. The van der Waals surface area contributed by atoms with Gasteiger partial charge in [0.25, 0.3) is 5.91 Å². The van der Waals surface area contributed by atoms with Crippen molar-refractivity contribution in [3.8, 4) is 0 Å². The lowest BCUT2D eigenvalue weighted by Gasteiger charge is -2.31. The maximum absolute atomic E-state index is 12.5. The van der Waals surface area contributed by atoms with Crippen LogP contribution in [0.4, 0.5) is 0 Å². The SMILES string of the molecule is Cc1nc(C(=O)N[C@@H]2CN(C3CCOCC3)C[C@H]2C(C)C)cs1. The first-order valence-electron chi connectivity index (χ1n) is 8.59. The number of hydrogen-bond acceptors (Lipinski definition) is 5. The molecule has 0 radical (unpaired) electrons. The summed E-state index contributed by atoms with van der Waals surface area (Å²) in [5.41, 5.74) is 0.555. The van der Waals surface area contributed by atoms with Crippen LogP contribution < -0.4 is 5.32 Å². The molecule has 2 fully saturated rings. The predicted molar refractivity (Wildman–Crippen MR) is 91.8 cm³/mol. The van der Waals surface area contributed by atoms with E-state index in [0.29, 0.717) is 23.6 Å². The van der Waals surface area contributed by atoms with Gasteiger partial charge < -0.3 is 10.1 Å². The Morgan fingerprint density at radius 1 is 1.39 bits per heavy atom. The average molecular weight is 337 g/mol. The Morgan fingerprint density at radius 2 is 2.13 bits per heavy atom. The second-order valence-electron chi connectivity index (χ2n) is 7.04. The van der Waals surface area contributed by atoms with Crippen molar-refractivity contribution in [2.24, 2.45) is 11.8 Å². The summed E-state index contributed by atoms with van der Waals surface area (Å²) >= 11 is 1.52. The molecule has 6 heteroatoms. The number of likely N-dealkylation sites (tertiary alicyclic amines) is 1. The van der Waals surface area contributed by atoms with E-state index >= 15 is 0 Å². The van der Waals surface area contributed by atoms with Gasteiger partial charge in [0.2, 0.25) is 0 Å². The summed E-state index contributed by atoms with van der Waals surface area (Å²) in [5, 5.41) is 6.02. The molecule has 3 heterocycles. The van der Waals surface area contributed by atoms with Crippen LogP contribution in [-0.2, 0) is 4.74 Å². The molecule has 23 heavy (non-hydrogen) atoms. The lowest BCUT2D eigenvalue weighted by Crippen LogP contribution is -2.43. The Balaban J connectivity index is 1.65. The van der Waals surface area contributed by atoms with Gasteiger partial charge in [-0.05, 0) is 31.6 Å². The molecule has 0 spiro atoms. The first kappa shape index (κ1) is 16.9. The Labute approximate surface area is 142 Å². The van der Waals surface area contributed by atoms with E-state index in [1.54, 1.807) is 0 Å². The summed E-state index contributed by atoms with van der Waals surface area (Å²) in [5.74, 6) is 1.03. The molecule has 1 amide bonds. The molecular weight excluding hydrogens is 310 g/mol. The predicted octanol–water partition coefficient (Wildman–Crippen LogP) is 2.32. The Kier molecular flexibility index (Phi) is 5.34. The van der Waals surface area contributed by atoms with Crippen molar-refractivity contribution >= 4 is 17.2 Å². The van der Waals surface area contributed by atoms with Crippen molar-refractivity contribution < 1.29 is 9.53 Å². The Hall–Kier alpha value is -0.980. The highest BCUT2D eigenvalue weighted by Crippen LogP contribution is 2.29. The number of amides is 1. The molecule has 1 N–H and O–H groups in total. The second-order valence-corrected chi connectivity index (χ2v) is 8.10. The lowest BCUT2D eigenvalue weighted by atomic mass is 9.91. The molecule has 0 bridgehead atoms. The van der Waals surface area contributed by atoms with E-state index in [9.17, 15) is 4.79 Å². The second kappa shape index (κ2) is 7.28. The maximum atomic E-state index is 12.5. The fraction of sp³-hybridized carbons (Fsp3) is 0.765. The van der Waals surface area contributed by atoms with Crippen molar-refractivity contribution in [3.63, 3.8) is 0 Å². The highest BCUT2D eigenvalue weighted by atomic mass is 32.1. The van der Waals surface area contributed by atoms with Gasteiger partial charge in [0.1, 0.15) is 5.69 Å². The van der Waals surface area contributed by atoms with Crippen molar-refractivity contribution in [1.82, 2.24) is 15.2 Å². The molecule has 1 aromatic heterocycles. The quantitative estimate of drug-likeness (QED) is 0.916. The van der Waals surface area contributed by atoms with Gasteiger partial charge in [0.05, 0.1) is 5.01 Å². The zero-order chi connectivity index (χ0) is 16.4. The molecule has 2 aliphatic rings. The van der Waals surface area contributed by atoms with Crippen LogP contribution in [-0.4, -0.2) is 54.2 Å². The highest BCUT2D eigenvalue weighted by Gasteiger charge is 2.38. The molecule has 3 rings (SSSR count). The minimum Gasteiger partial charge on any atom is -0.381 e. The zero-order valence-electron chi connectivity index (χ0n) is 14.2. The molecule has 2 aliphatic heterocycles. The van der Waals surface area contributed by atoms with E-state index in [1.807, 2.05) is 12.3 Å². The molecule has 0 saturated carbocycles. The van der Waals surface area contributed by atoms with E-state index in [0.717, 1.165) is 44.2 Å². The van der Waals surface area contributed by atoms with Gasteiger partial charge in [-0.1, -0.05) is 13.8 Å². The molecule has 1 aromatic rings. The van der Waals surface area contributed by atoms with Crippen LogP contribution in [0.25, 0.3) is 0 Å². The topological polar surface area (TPSA) is 54.5 Å². The van der Waals surface area contributed by atoms with E-state index < -0.39 is 0 Å². The van der Waals surface area contributed by atoms with E-state index in [2.05, 4.69) is 29.0 Å². The van der Waals surface area contributed by atoms with Crippen LogP contribution in [0.2, 0.25) is 0 Å². The summed E-state index contributed by atoms with van der Waals surface area (Å²) in [4.78, 5) is 19.3. The first-order chi connectivity index (χ1) is 11.0. The van der Waals surface area contributed by atoms with Crippen LogP contribution in [0.15, 0.2) is 5.38 Å². The highest BCUT2D eigenvalue weighted by molar-refractivity contribution is 7.09. The fourth-order valence-corrected chi connectivity index (χ4v) is 4.34. The fourth-order valence-electron chi connectivity index (χ4n) is 3.75. The number of ether oxygens (including phenoxy) is 1. The monoisotopic (exact) mass is 337 g/mol. The van der Waals surface area contributed by atoms with Crippen LogP contribution in [0.5, 0.6) is 0 Å². The average Bonchev–Trinajstić information content (AvgIpc) is 3.15. The smallest absolute Gasteiger partial charge is 0.271 e. The van der Waals surface area contributed by atoms with Gasteiger partial charge in [-0.15, -0.1) is 11.3 Å². The summed E-state index contributed by atoms with van der Waals surface area (Å²) in [7, 11) is 0. The Morgan fingerprint density at radius 3 is 2.74 bits per heavy atom. The molecule has 0 unspecified atom stereocenters. The van der Waals surface area contributed by atoms with Crippen LogP contribution in [0, 0.1) is 18.8 Å². The van der Waals surface area contributed by atoms with Gasteiger partial charge in [0.15, 0.2) is 0 Å². The van der Waals surface area contributed by atoms with Crippen molar-refractivity contribution in [2.45, 2.75) is 45.7 Å². The van der Waals surface area contributed by atoms with Crippen LogP contribution in [0.1, 0.15) is 42.2 Å². The minimum absolute atomic E-state index is 0.0289. The Bertz CT molecular complexity index is 540. The normalized spacial score (nSPS) is 26.8. The molecule has 128 valence electrons. The van der Waals surface area contributed by atoms with Gasteiger partial charge in [-0.3, -0.25) is 9.69 Å². The first-order valence-corrected chi connectivity index (χ1v) is 9.47. The summed E-state index contributed by atoms with van der Waals surface area (Å²) < 4.78 is 5.48. The van der Waals surface area contributed by atoms with Crippen molar-refractivity contribution in [3.05, 3.63) is 16.1 Å². The van der Waals surface area contributed by atoms with Gasteiger partial charge in [0, 0.05) is 43.8 Å². The number of rotatable bonds is 4. The third kappa shape index (κ3) is 3.92. The number of hydrogen-bond donors (Lipinski definition) is 1. The molecule has 2 saturated heterocycles. The van der Waals surface area contributed by atoms with Gasteiger partial charge in [-0.2, -0.15) is 0 Å². The van der Waals surface area contributed by atoms with E-state index in [1.165, 1.54) is 11.3 Å². The maximum Gasteiger partial charge on any atom is 0.271 e. The lowest BCUT2D eigenvalue weighted by molar-refractivity contribution is 0.0401. The van der Waals surface area contributed by atoms with Crippen LogP contribution in [0.3, 0.4) is 0 Å². The molecule has 2 atom stereocenters. The summed E-state index contributed by atoms with van der Waals surface area (Å²) in [6, 6.07) is 0.820. The largest absolute Gasteiger partial charge is 0.381 e. The van der Waals surface area contributed by atoms with Crippen LogP contribution >= 0.6 is 11.3 Å². The molecule has 0 aliphatic carbocycles. The van der Waals surface area contributed by atoms with E-state index in [4.69, 9.17) is 4.74 Å². The number of carbonyl (C=O) groups excluding carboxylic acids is 1. The number of carbonyl (C=O) groups is 1. The molecule has 0 aromatic carbocycles. The van der Waals surface area contributed by atoms with Gasteiger partial charge in [-0.25, -0.2) is 4.98 Å². The standard InChI is InChI=1S/C17H27N3O2S/c1-11(2)14-8-20(13-4-6-22-7-5-13)9-15(14)19-17(21)16-10-23-12(3)18-16/h10-11,13-15H,4-9H2,1-3H3,(H,19,21)/t14-,15+/m0/s1.